The molecule has 0 radical (unpaired) electrons. The molecule has 30 heavy (non-hydrogen) atoms. The van der Waals surface area contributed by atoms with Crippen molar-refractivity contribution in [1.82, 2.24) is 19.9 Å². The van der Waals surface area contributed by atoms with Gasteiger partial charge in [-0.2, -0.15) is 0 Å². The Morgan fingerprint density at radius 1 is 1.03 bits per heavy atom. The molecule has 1 aliphatic heterocycles. The topological polar surface area (TPSA) is 117 Å². The zero-order valence-electron chi connectivity index (χ0n) is 16.3. The highest BCUT2D eigenvalue weighted by atomic mass is 16.6. The third-order valence-corrected chi connectivity index (χ3v) is 5.07. The predicted octanol–water partition coefficient (Wildman–Crippen LogP) is 2.08. The number of amides is 1. The van der Waals surface area contributed by atoms with Crippen molar-refractivity contribution in [2.24, 2.45) is 0 Å². The van der Waals surface area contributed by atoms with Crippen molar-refractivity contribution in [3.05, 3.63) is 59.0 Å². The molecule has 2 aromatic heterocycles. The molecule has 1 aliphatic rings. The normalized spacial score (nSPS) is 14.0. The lowest BCUT2D eigenvalue weighted by Gasteiger charge is -2.34. The van der Waals surface area contributed by atoms with Gasteiger partial charge in [0.15, 0.2) is 0 Å². The van der Waals surface area contributed by atoms with Gasteiger partial charge < -0.3 is 15.1 Å². The first-order valence-electron chi connectivity index (χ1n) is 9.69. The number of fused-ring (bicyclic) bond motifs is 1. The molecule has 0 atom stereocenters. The maximum atomic E-state index is 12.6. The van der Waals surface area contributed by atoms with E-state index in [9.17, 15) is 14.9 Å². The fraction of sp³-hybridized carbons (Fsp3) is 0.300. The van der Waals surface area contributed by atoms with Gasteiger partial charge in [0.05, 0.1) is 16.0 Å². The second kappa shape index (κ2) is 8.68. The molecule has 0 spiro atoms. The van der Waals surface area contributed by atoms with Gasteiger partial charge >= 0.3 is 0 Å². The Kier molecular flexibility index (Phi) is 5.64. The molecular weight excluding hydrogens is 386 g/mol. The first kappa shape index (κ1) is 19.5. The van der Waals surface area contributed by atoms with Crippen molar-refractivity contribution in [1.29, 1.82) is 0 Å². The maximum absolute atomic E-state index is 12.6. The minimum Gasteiger partial charge on any atom is -0.383 e. The van der Waals surface area contributed by atoms with Gasteiger partial charge in [-0.15, -0.1) is 0 Å². The zero-order chi connectivity index (χ0) is 20.9. The summed E-state index contributed by atoms with van der Waals surface area (Å²) in [7, 11) is 0. The fourth-order valence-electron chi connectivity index (χ4n) is 3.53. The lowest BCUT2D eigenvalue weighted by atomic mass is 10.1. The third-order valence-electron chi connectivity index (χ3n) is 5.07. The number of hydrogen-bond donors (Lipinski definition) is 1. The second-order valence-electron chi connectivity index (χ2n) is 6.88. The van der Waals surface area contributed by atoms with Crippen LogP contribution in [0.3, 0.4) is 0 Å². The van der Waals surface area contributed by atoms with Crippen LogP contribution in [0.15, 0.2) is 48.9 Å². The Morgan fingerprint density at radius 3 is 2.50 bits per heavy atom. The summed E-state index contributed by atoms with van der Waals surface area (Å²) in [6, 6.07) is 8.21. The van der Waals surface area contributed by atoms with E-state index in [0.29, 0.717) is 61.7 Å². The minimum atomic E-state index is -0.419. The van der Waals surface area contributed by atoms with E-state index in [2.05, 4.69) is 25.2 Å². The van der Waals surface area contributed by atoms with E-state index in [0.717, 1.165) is 0 Å². The zero-order valence-corrected chi connectivity index (χ0v) is 16.3. The molecule has 0 bridgehead atoms. The lowest BCUT2D eigenvalue weighted by molar-refractivity contribution is -0.383. The average molecular weight is 407 g/mol. The summed E-state index contributed by atoms with van der Waals surface area (Å²) < 4.78 is 0. The molecule has 154 valence electrons. The van der Waals surface area contributed by atoms with Crippen molar-refractivity contribution in [2.45, 2.75) is 6.42 Å². The van der Waals surface area contributed by atoms with E-state index >= 15 is 0 Å². The number of nitrogens with zero attached hydrogens (tertiary/aromatic N) is 6. The summed E-state index contributed by atoms with van der Waals surface area (Å²) in [6.45, 7) is 3.06. The Morgan fingerprint density at radius 2 is 1.77 bits per heavy atom. The van der Waals surface area contributed by atoms with Crippen LogP contribution >= 0.6 is 0 Å². The molecule has 1 N–H and O–H groups in total. The van der Waals surface area contributed by atoms with Gasteiger partial charge in [0, 0.05) is 63.8 Å². The van der Waals surface area contributed by atoms with Crippen LogP contribution in [-0.2, 0) is 4.79 Å². The molecule has 0 unspecified atom stereocenters. The molecule has 1 saturated heterocycles. The molecule has 1 fully saturated rings. The number of rotatable bonds is 6. The number of carbonyl (C=O) groups excluding carboxylic acids is 1. The molecule has 1 aromatic carbocycles. The van der Waals surface area contributed by atoms with Crippen molar-refractivity contribution in [2.75, 3.05) is 42.9 Å². The van der Waals surface area contributed by atoms with Crippen molar-refractivity contribution in [3.8, 4) is 0 Å². The van der Waals surface area contributed by atoms with Crippen LogP contribution in [0.25, 0.3) is 10.9 Å². The van der Waals surface area contributed by atoms with Gasteiger partial charge in [0.2, 0.25) is 11.9 Å². The highest BCUT2D eigenvalue weighted by Crippen LogP contribution is 2.29. The number of nitro benzene ring substituents is 1. The van der Waals surface area contributed by atoms with E-state index in [4.69, 9.17) is 0 Å². The summed E-state index contributed by atoms with van der Waals surface area (Å²) in [4.78, 5) is 40.0. The Labute approximate surface area is 172 Å². The third kappa shape index (κ3) is 4.12. The summed E-state index contributed by atoms with van der Waals surface area (Å²) in [6.07, 6.45) is 5.34. The van der Waals surface area contributed by atoms with E-state index in [1.165, 1.54) is 6.07 Å². The second-order valence-corrected chi connectivity index (χ2v) is 6.88. The number of aromatic nitrogens is 3. The highest BCUT2D eigenvalue weighted by molar-refractivity contribution is 5.96. The van der Waals surface area contributed by atoms with Crippen molar-refractivity contribution in [3.63, 3.8) is 0 Å². The van der Waals surface area contributed by atoms with Crippen LogP contribution in [0.1, 0.15) is 6.42 Å². The van der Waals surface area contributed by atoms with Crippen molar-refractivity contribution >= 4 is 34.1 Å². The lowest BCUT2D eigenvalue weighted by Crippen LogP contribution is -2.49. The number of carbonyl (C=O) groups is 1. The molecule has 1 amide bonds. The van der Waals surface area contributed by atoms with Crippen LogP contribution in [-0.4, -0.2) is 63.4 Å². The van der Waals surface area contributed by atoms with Gasteiger partial charge in [-0.3, -0.25) is 19.9 Å². The standard InChI is InChI=1S/C20H21N7O3/c28-18(25-11-13-26(14-12-25)20-23-8-2-9-24-20)6-10-21-16-4-5-17(27(29)30)15-3-1-7-22-19(15)16/h1-5,7-9,21H,6,10-14H2. The number of nitrogens with one attached hydrogen (secondary N) is 1. The van der Waals surface area contributed by atoms with E-state index < -0.39 is 4.92 Å². The molecule has 3 heterocycles. The van der Waals surface area contributed by atoms with Gasteiger partial charge in [-0.25, -0.2) is 9.97 Å². The fourth-order valence-corrected chi connectivity index (χ4v) is 3.53. The monoisotopic (exact) mass is 407 g/mol. The van der Waals surface area contributed by atoms with E-state index in [1.807, 2.05) is 4.90 Å². The maximum Gasteiger partial charge on any atom is 0.278 e. The number of hydrogen-bond acceptors (Lipinski definition) is 8. The molecule has 4 rings (SSSR count). The summed E-state index contributed by atoms with van der Waals surface area (Å²) in [5, 5.41) is 14.9. The first-order valence-corrected chi connectivity index (χ1v) is 9.69. The summed E-state index contributed by atoms with van der Waals surface area (Å²) in [5.74, 6) is 0.749. The van der Waals surface area contributed by atoms with Crippen molar-refractivity contribution < 1.29 is 9.72 Å². The highest BCUT2D eigenvalue weighted by Gasteiger charge is 2.22. The number of anilines is 2. The van der Waals surface area contributed by atoms with Gasteiger partial charge in [0.25, 0.3) is 5.69 Å². The molecule has 10 nitrogen and oxygen atoms in total. The summed E-state index contributed by atoms with van der Waals surface area (Å²) in [5.41, 5.74) is 1.21. The largest absolute Gasteiger partial charge is 0.383 e. The SMILES string of the molecule is O=C(CCNc1ccc([N+](=O)[O-])c2cccnc12)N1CCN(c2ncccn2)CC1. The molecule has 10 heteroatoms. The number of pyridine rings is 1. The van der Waals surface area contributed by atoms with Crippen LogP contribution in [0.5, 0.6) is 0 Å². The number of benzene rings is 1. The van der Waals surface area contributed by atoms with E-state index in [1.54, 1.807) is 42.9 Å². The van der Waals surface area contributed by atoms with Crippen LogP contribution in [0.2, 0.25) is 0 Å². The van der Waals surface area contributed by atoms with E-state index in [-0.39, 0.29) is 11.6 Å². The first-order chi connectivity index (χ1) is 14.6. The smallest absolute Gasteiger partial charge is 0.278 e. The predicted molar refractivity (Wildman–Crippen MR) is 112 cm³/mol. The van der Waals surface area contributed by atoms with Gasteiger partial charge in [-0.05, 0) is 24.3 Å². The Hall–Kier alpha value is -3.82. The van der Waals surface area contributed by atoms with Crippen LogP contribution in [0, 0.1) is 10.1 Å². The van der Waals surface area contributed by atoms with Gasteiger partial charge in [0.1, 0.15) is 5.52 Å². The summed E-state index contributed by atoms with van der Waals surface area (Å²) >= 11 is 0. The van der Waals surface area contributed by atoms with Crippen LogP contribution < -0.4 is 10.2 Å². The minimum absolute atomic E-state index is 0.0139. The average Bonchev–Trinajstić information content (AvgIpc) is 2.79. The molecule has 0 saturated carbocycles. The Bertz CT molecular complexity index is 1050. The Balaban J connectivity index is 1.32. The molecular formula is C20H21N7O3. The molecule has 0 aliphatic carbocycles. The quantitative estimate of drug-likeness (QED) is 0.487. The number of piperazine rings is 1. The van der Waals surface area contributed by atoms with Crippen LogP contribution in [0.4, 0.5) is 17.3 Å². The van der Waals surface area contributed by atoms with Gasteiger partial charge in [-0.1, -0.05) is 0 Å². The number of nitro groups is 1. The number of non-ortho nitro benzene ring substituents is 1. The molecule has 3 aromatic rings.